The first-order valence-corrected chi connectivity index (χ1v) is 13.4. The van der Waals surface area contributed by atoms with E-state index < -0.39 is 5.60 Å². The van der Waals surface area contributed by atoms with Crippen molar-refractivity contribution in [1.29, 1.82) is 0 Å². The summed E-state index contributed by atoms with van der Waals surface area (Å²) < 4.78 is 5.55. The van der Waals surface area contributed by atoms with Crippen LogP contribution in [-0.2, 0) is 9.53 Å². The molecule has 4 heteroatoms. The molecule has 0 aromatic heterocycles. The summed E-state index contributed by atoms with van der Waals surface area (Å²) in [6, 6.07) is 0. The van der Waals surface area contributed by atoms with Gasteiger partial charge in [-0.25, -0.2) is 0 Å². The van der Waals surface area contributed by atoms with Gasteiger partial charge in [0.15, 0.2) is 0 Å². The van der Waals surface area contributed by atoms with Crippen LogP contribution in [0.25, 0.3) is 0 Å². The molecule has 4 rings (SSSR count). The number of esters is 1. The number of ether oxygens (including phenoxy) is 1. The second kappa shape index (κ2) is 8.56. The summed E-state index contributed by atoms with van der Waals surface area (Å²) in [6.45, 7) is 13.1. The quantitative estimate of drug-likeness (QED) is 0.539. The number of carbonyl (C=O) groups excluding carboxylic acids is 1. The van der Waals surface area contributed by atoms with Crippen LogP contribution in [0.3, 0.4) is 0 Å². The molecule has 4 saturated carbocycles. The number of aliphatic hydroxyl groups excluding tert-OH is 2. The molecule has 0 spiro atoms. The lowest BCUT2D eigenvalue weighted by molar-refractivity contribution is -0.174. The predicted octanol–water partition coefficient (Wildman–Crippen LogP) is 5.74. The second-order valence-electron chi connectivity index (χ2n) is 13.6. The first-order chi connectivity index (χ1) is 14.8. The maximum atomic E-state index is 12.3. The Morgan fingerprint density at radius 1 is 1.00 bits per heavy atom. The minimum atomic E-state index is -0.413. The van der Waals surface area contributed by atoms with Crippen LogP contribution >= 0.6 is 0 Å². The fraction of sp³-hybridized carbons (Fsp3) is 0.964. The summed E-state index contributed by atoms with van der Waals surface area (Å²) in [6.07, 6.45) is 9.72. The van der Waals surface area contributed by atoms with Crippen LogP contribution in [-0.4, -0.2) is 34.0 Å². The van der Waals surface area contributed by atoms with E-state index in [1.165, 1.54) is 25.7 Å². The SMILES string of the molecule is C[C@H](CCC(=O)OC(C)(C)C)[C@H]1CC[C@H]2[C@@H]3[C@@H](O)CC4C[C@@H](O)CC[C@]4(C)[C@H]3CC[C@]12C. The number of hydrogen-bond acceptors (Lipinski definition) is 4. The molecule has 4 nitrogen and oxygen atoms in total. The van der Waals surface area contributed by atoms with E-state index in [0.717, 1.165) is 32.1 Å². The van der Waals surface area contributed by atoms with Crippen LogP contribution in [0.4, 0.5) is 0 Å². The number of fused-ring (bicyclic) bond motifs is 5. The van der Waals surface area contributed by atoms with Gasteiger partial charge in [-0.15, -0.1) is 0 Å². The average Bonchev–Trinajstić information content (AvgIpc) is 3.03. The predicted molar refractivity (Wildman–Crippen MR) is 127 cm³/mol. The van der Waals surface area contributed by atoms with Crippen molar-refractivity contribution in [3.05, 3.63) is 0 Å². The van der Waals surface area contributed by atoms with Crippen molar-refractivity contribution in [2.24, 2.45) is 46.3 Å². The molecule has 0 aliphatic heterocycles. The van der Waals surface area contributed by atoms with Crippen molar-refractivity contribution in [2.45, 2.75) is 124 Å². The molecule has 0 aromatic rings. The first-order valence-electron chi connectivity index (χ1n) is 13.4. The lowest BCUT2D eigenvalue weighted by Gasteiger charge is -2.62. The average molecular weight is 449 g/mol. The third kappa shape index (κ3) is 4.28. The van der Waals surface area contributed by atoms with Gasteiger partial charge in [-0.1, -0.05) is 20.8 Å². The smallest absolute Gasteiger partial charge is 0.306 e. The molecule has 0 bridgehead atoms. The van der Waals surface area contributed by atoms with Crippen molar-refractivity contribution in [3.63, 3.8) is 0 Å². The Labute approximate surface area is 195 Å². The maximum Gasteiger partial charge on any atom is 0.306 e. The van der Waals surface area contributed by atoms with Crippen LogP contribution in [0.15, 0.2) is 0 Å². The van der Waals surface area contributed by atoms with Crippen molar-refractivity contribution in [3.8, 4) is 0 Å². The Morgan fingerprint density at radius 3 is 2.34 bits per heavy atom. The standard InChI is InChI=1S/C28H48O4/c1-17(7-10-24(31)32-26(2,3)4)20-8-9-21-25-22(12-14-28(20,21)6)27(5)13-11-19(29)15-18(27)16-23(25)30/h17-23,25,29-30H,7-16H2,1-6H3/t17-,18?,19+,20-,21+,22+,23+,25+,27+,28-/m1/s1. The van der Waals surface area contributed by atoms with Gasteiger partial charge < -0.3 is 14.9 Å². The fourth-order valence-corrected chi connectivity index (χ4v) is 9.11. The molecule has 0 radical (unpaired) electrons. The van der Waals surface area contributed by atoms with Crippen LogP contribution < -0.4 is 0 Å². The third-order valence-electron chi connectivity index (χ3n) is 10.6. The van der Waals surface area contributed by atoms with Gasteiger partial charge in [0.2, 0.25) is 0 Å². The van der Waals surface area contributed by atoms with Crippen LogP contribution in [0.2, 0.25) is 0 Å². The van der Waals surface area contributed by atoms with Crippen LogP contribution in [0.5, 0.6) is 0 Å². The zero-order valence-electron chi connectivity index (χ0n) is 21.4. The summed E-state index contributed by atoms with van der Waals surface area (Å²) >= 11 is 0. The van der Waals surface area contributed by atoms with E-state index in [9.17, 15) is 15.0 Å². The van der Waals surface area contributed by atoms with E-state index in [2.05, 4.69) is 20.8 Å². The van der Waals surface area contributed by atoms with E-state index in [0.29, 0.717) is 41.9 Å². The lowest BCUT2D eigenvalue weighted by Crippen LogP contribution is -2.58. The van der Waals surface area contributed by atoms with Crippen molar-refractivity contribution >= 4 is 5.97 Å². The zero-order valence-corrected chi connectivity index (χ0v) is 21.4. The molecule has 0 heterocycles. The fourth-order valence-electron chi connectivity index (χ4n) is 9.11. The molecule has 4 fully saturated rings. The molecule has 32 heavy (non-hydrogen) atoms. The van der Waals surface area contributed by atoms with Crippen molar-refractivity contribution < 1.29 is 19.7 Å². The Bertz CT molecular complexity index is 698. The molecule has 0 amide bonds. The molecule has 2 N–H and O–H groups in total. The molecule has 4 aliphatic carbocycles. The minimum absolute atomic E-state index is 0.0751. The molecular weight excluding hydrogens is 400 g/mol. The second-order valence-corrected chi connectivity index (χ2v) is 13.6. The summed E-state index contributed by atoms with van der Waals surface area (Å²) in [5.41, 5.74) is 0.140. The summed E-state index contributed by atoms with van der Waals surface area (Å²) in [4.78, 5) is 12.3. The van der Waals surface area contributed by atoms with E-state index in [1.54, 1.807) is 0 Å². The molecule has 0 aromatic carbocycles. The molecule has 184 valence electrons. The molecule has 10 atom stereocenters. The molecular formula is C28H48O4. The molecule has 4 aliphatic rings. The van der Waals surface area contributed by atoms with Gasteiger partial charge in [0.25, 0.3) is 0 Å². The van der Waals surface area contributed by atoms with Crippen molar-refractivity contribution in [1.82, 2.24) is 0 Å². The molecule has 0 saturated heterocycles. The summed E-state index contributed by atoms with van der Waals surface area (Å²) in [5.74, 6) is 3.12. The van der Waals surface area contributed by atoms with Gasteiger partial charge >= 0.3 is 5.97 Å². The van der Waals surface area contributed by atoms with Gasteiger partial charge in [-0.2, -0.15) is 0 Å². The van der Waals surface area contributed by atoms with Gasteiger partial charge in [-0.3, -0.25) is 4.79 Å². The number of aliphatic hydroxyl groups is 2. The van der Waals surface area contributed by atoms with E-state index in [1.807, 2.05) is 20.8 Å². The van der Waals surface area contributed by atoms with Crippen LogP contribution in [0, 0.1) is 46.3 Å². The highest BCUT2D eigenvalue weighted by molar-refractivity contribution is 5.69. The van der Waals surface area contributed by atoms with E-state index in [4.69, 9.17) is 4.74 Å². The Hall–Kier alpha value is -0.610. The Balaban J connectivity index is 1.46. The van der Waals surface area contributed by atoms with Gasteiger partial charge in [0.05, 0.1) is 12.2 Å². The van der Waals surface area contributed by atoms with Crippen molar-refractivity contribution in [2.75, 3.05) is 0 Å². The summed E-state index contributed by atoms with van der Waals surface area (Å²) in [7, 11) is 0. The zero-order chi connectivity index (χ0) is 23.5. The van der Waals surface area contributed by atoms with Crippen LogP contribution in [0.1, 0.15) is 106 Å². The third-order valence-corrected chi connectivity index (χ3v) is 10.6. The number of hydrogen-bond donors (Lipinski definition) is 2. The van der Waals surface area contributed by atoms with Gasteiger partial charge in [0.1, 0.15) is 5.60 Å². The van der Waals surface area contributed by atoms with E-state index >= 15 is 0 Å². The normalized spacial score (nSPS) is 47.2. The topological polar surface area (TPSA) is 66.8 Å². The highest BCUT2D eigenvalue weighted by Crippen LogP contribution is 2.68. The van der Waals surface area contributed by atoms with E-state index in [-0.39, 0.29) is 29.0 Å². The highest BCUT2D eigenvalue weighted by atomic mass is 16.6. The minimum Gasteiger partial charge on any atom is -0.460 e. The highest BCUT2D eigenvalue weighted by Gasteiger charge is 2.62. The first kappa shape index (κ1) is 24.5. The number of carbonyl (C=O) groups is 1. The number of rotatable bonds is 4. The lowest BCUT2D eigenvalue weighted by atomic mass is 9.43. The Kier molecular flexibility index (Phi) is 6.55. The van der Waals surface area contributed by atoms with Gasteiger partial charge in [0, 0.05) is 6.42 Å². The summed E-state index contributed by atoms with van der Waals surface area (Å²) in [5, 5.41) is 21.6. The Morgan fingerprint density at radius 2 is 1.66 bits per heavy atom. The van der Waals surface area contributed by atoms with Gasteiger partial charge in [-0.05, 0) is 125 Å². The maximum absolute atomic E-state index is 12.3. The monoisotopic (exact) mass is 448 g/mol. The molecule has 1 unspecified atom stereocenters. The largest absolute Gasteiger partial charge is 0.460 e.